The molecule has 0 radical (unpaired) electrons. The van der Waals surface area contributed by atoms with Crippen molar-refractivity contribution in [2.45, 2.75) is 51.0 Å². The van der Waals surface area contributed by atoms with E-state index >= 15 is 0 Å². The van der Waals surface area contributed by atoms with Crippen molar-refractivity contribution < 1.29 is 9.59 Å². The van der Waals surface area contributed by atoms with Crippen molar-refractivity contribution >= 4 is 22.7 Å². The molecule has 1 saturated carbocycles. The lowest BCUT2D eigenvalue weighted by molar-refractivity contribution is 0.0888. The number of carbonyl (C=O) groups excluding carboxylic acids is 2. The fourth-order valence-corrected chi connectivity index (χ4v) is 5.97. The van der Waals surface area contributed by atoms with Crippen LogP contribution in [-0.2, 0) is 0 Å². The number of ketones is 1. The molecule has 0 saturated heterocycles. The van der Waals surface area contributed by atoms with Crippen LogP contribution < -0.4 is 0 Å². The smallest absolute Gasteiger partial charge is 0.239 e. The SMILES string of the molecule is CC(C(=O)n1ccc2c(-c3cnn(C(CC#N)C4CCCC4)c3)ncnc21)c1cccc(C(=O)c2ccccc2)c1. The third-order valence-corrected chi connectivity index (χ3v) is 8.23. The molecule has 3 heterocycles. The number of hydrogen-bond donors (Lipinski definition) is 0. The molecule has 6 rings (SSSR count). The van der Waals surface area contributed by atoms with Crippen molar-refractivity contribution in [1.29, 1.82) is 5.26 Å². The van der Waals surface area contributed by atoms with Crippen molar-refractivity contribution in [1.82, 2.24) is 24.3 Å². The first kappa shape index (κ1) is 26.3. The second-order valence-corrected chi connectivity index (χ2v) is 10.7. The number of rotatable bonds is 8. The van der Waals surface area contributed by atoms with Gasteiger partial charge >= 0.3 is 0 Å². The topological polar surface area (TPSA) is 106 Å². The maximum atomic E-state index is 13.7. The molecule has 3 aromatic heterocycles. The van der Waals surface area contributed by atoms with Gasteiger partial charge in [0, 0.05) is 34.5 Å². The normalized spacial score (nSPS) is 15.0. The molecule has 0 N–H and O–H groups in total. The Morgan fingerprint density at radius 2 is 1.80 bits per heavy atom. The minimum atomic E-state index is -0.506. The van der Waals surface area contributed by atoms with Gasteiger partial charge in [-0.05, 0) is 43.4 Å². The number of carbonyl (C=O) groups is 2. The maximum Gasteiger partial charge on any atom is 0.239 e. The van der Waals surface area contributed by atoms with E-state index in [-0.39, 0.29) is 17.7 Å². The van der Waals surface area contributed by atoms with E-state index in [0.29, 0.717) is 34.8 Å². The zero-order valence-electron chi connectivity index (χ0n) is 22.9. The number of benzene rings is 2. The van der Waals surface area contributed by atoms with E-state index < -0.39 is 5.92 Å². The van der Waals surface area contributed by atoms with Crippen LogP contribution in [0.1, 0.15) is 77.3 Å². The van der Waals surface area contributed by atoms with E-state index in [4.69, 9.17) is 0 Å². The molecule has 0 bridgehead atoms. The molecule has 5 aromatic rings. The fourth-order valence-electron chi connectivity index (χ4n) is 5.97. The van der Waals surface area contributed by atoms with Crippen LogP contribution in [0.2, 0.25) is 0 Å². The van der Waals surface area contributed by atoms with Crippen LogP contribution in [0.4, 0.5) is 0 Å². The molecule has 1 fully saturated rings. The molecule has 0 amide bonds. The zero-order chi connectivity index (χ0) is 28.3. The first-order chi connectivity index (χ1) is 20.0. The second kappa shape index (κ2) is 11.3. The summed E-state index contributed by atoms with van der Waals surface area (Å²) in [4.78, 5) is 35.7. The first-order valence-electron chi connectivity index (χ1n) is 14.0. The van der Waals surface area contributed by atoms with E-state index in [0.717, 1.165) is 29.4 Å². The number of nitriles is 1. The van der Waals surface area contributed by atoms with Crippen molar-refractivity contribution in [2.24, 2.45) is 5.92 Å². The number of nitrogens with zero attached hydrogens (tertiary/aromatic N) is 6. The number of hydrogen-bond acceptors (Lipinski definition) is 6. The Hall–Kier alpha value is -4.90. The van der Waals surface area contributed by atoms with Gasteiger partial charge in [0.2, 0.25) is 5.91 Å². The quantitative estimate of drug-likeness (QED) is 0.204. The highest BCUT2D eigenvalue weighted by Gasteiger charge is 2.28. The average Bonchev–Trinajstić information content (AvgIpc) is 3.81. The Kier molecular flexibility index (Phi) is 7.26. The number of aromatic nitrogens is 5. The summed E-state index contributed by atoms with van der Waals surface area (Å²) in [5.41, 5.74) is 3.93. The molecule has 8 heteroatoms. The summed E-state index contributed by atoms with van der Waals surface area (Å²) in [6, 6.07) is 20.6. The predicted octanol–water partition coefficient (Wildman–Crippen LogP) is 6.61. The summed E-state index contributed by atoms with van der Waals surface area (Å²) in [7, 11) is 0. The van der Waals surface area contributed by atoms with Crippen molar-refractivity contribution in [3.8, 4) is 17.3 Å². The molecule has 41 heavy (non-hydrogen) atoms. The van der Waals surface area contributed by atoms with Gasteiger partial charge in [-0.3, -0.25) is 18.8 Å². The summed E-state index contributed by atoms with van der Waals surface area (Å²) in [5, 5.41) is 14.8. The van der Waals surface area contributed by atoms with Gasteiger partial charge in [0.25, 0.3) is 0 Å². The van der Waals surface area contributed by atoms with Gasteiger partial charge in [-0.25, -0.2) is 9.97 Å². The van der Waals surface area contributed by atoms with Crippen molar-refractivity contribution in [3.63, 3.8) is 0 Å². The van der Waals surface area contributed by atoms with E-state index in [1.54, 1.807) is 41.2 Å². The van der Waals surface area contributed by atoms with Gasteiger partial charge in [-0.1, -0.05) is 61.4 Å². The zero-order valence-corrected chi connectivity index (χ0v) is 22.9. The Morgan fingerprint density at radius 1 is 1.02 bits per heavy atom. The minimum absolute atomic E-state index is 0.0464. The van der Waals surface area contributed by atoms with Gasteiger partial charge in [0.15, 0.2) is 11.4 Å². The highest BCUT2D eigenvalue weighted by molar-refractivity contribution is 6.09. The van der Waals surface area contributed by atoms with E-state index in [1.165, 1.54) is 19.2 Å². The maximum absolute atomic E-state index is 13.7. The predicted molar refractivity (Wildman–Crippen MR) is 155 cm³/mol. The first-order valence-corrected chi connectivity index (χ1v) is 14.0. The third-order valence-electron chi connectivity index (χ3n) is 8.23. The molecule has 2 unspecified atom stereocenters. The lowest BCUT2D eigenvalue weighted by Gasteiger charge is -2.21. The molecule has 0 aliphatic heterocycles. The van der Waals surface area contributed by atoms with Crippen LogP contribution >= 0.6 is 0 Å². The Labute approximate surface area is 238 Å². The van der Waals surface area contributed by atoms with Gasteiger partial charge in [-0.15, -0.1) is 0 Å². The number of fused-ring (bicyclic) bond motifs is 1. The van der Waals surface area contributed by atoms with Gasteiger partial charge in [-0.2, -0.15) is 10.4 Å². The highest BCUT2D eigenvalue weighted by atomic mass is 16.2. The molecule has 1 aliphatic carbocycles. The van der Waals surface area contributed by atoms with E-state index in [1.807, 2.05) is 54.2 Å². The lowest BCUT2D eigenvalue weighted by atomic mass is 9.95. The van der Waals surface area contributed by atoms with E-state index in [9.17, 15) is 14.9 Å². The largest absolute Gasteiger partial charge is 0.289 e. The molecular weight excluding hydrogens is 512 g/mol. The Balaban J connectivity index is 1.28. The molecule has 2 aromatic carbocycles. The summed E-state index contributed by atoms with van der Waals surface area (Å²) < 4.78 is 3.47. The Morgan fingerprint density at radius 3 is 2.59 bits per heavy atom. The second-order valence-electron chi connectivity index (χ2n) is 10.7. The lowest BCUT2D eigenvalue weighted by Crippen LogP contribution is -2.18. The summed E-state index contributed by atoms with van der Waals surface area (Å²) in [5.74, 6) is -0.288. The van der Waals surface area contributed by atoms with Crippen molar-refractivity contribution in [2.75, 3.05) is 0 Å². The van der Waals surface area contributed by atoms with E-state index in [2.05, 4.69) is 21.1 Å². The van der Waals surface area contributed by atoms with Gasteiger partial charge in [0.1, 0.15) is 6.33 Å². The van der Waals surface area contributed by atoms with Crippen molar-refractivity contribution in [3.05, 3.63) is 102 Å². The molecular formula is C33H30N6O2. The molecule has 2 atom stereocenters. The molecule has 0 spiro atoms. The average molecular weight is 543 g/mol. The monoisotopic (exact) mass is 542 g/mol. The standard InChI is InChI=1S/C33H30N6O2/c1-22(25-12-7-13-26(18-25)31(40)24-10-3-2-4-11-24)33(41)38-17-15-28-30(35-21-36-32(28)38)27-19-37-39(20-27)29(14-16-34)23-8-5-6-9-23/h2-4,7,10-13,15,17-23,29H,5-6,8-9,14H2,1H3. The Bertz CT molecular complexity index is 1760. The summed E-state index contributed by atoms with van der Waals surface area (Å²) in [6.07, 6.45) is 12.0. The minimum Gasteiger partial charge on any atom is -0.289 e. The van der Waals surface area contributed by atoms with Crippen LogP contribution in [0.25, 0.3) is 22.3 Å². The molecule has 1 aliphatic rings. The summed E-state index contributed by atoms with van der Waals surface area (Å²) >= 11 is 0. The highest BCUT2D eigenvalue weighted by Crippen LogP contribution is 2.37. The molecule has 8 nitrogen and oxygen atoms in total. The van der Waals surface area contributed by atoms with Crippen LogP contribution in [-0.4, -0.2) is 36.0 Å². The third kappa shape index (κ3) is 5.07. The molecule has 204 valence electrons. The van der Waals surface area contributed by atoms with Crippen LogP contribution in [0, 0.1) is 17.2 Å². The van der Waals surface area contributed by atoms with Gasteiger partial charge in [0.05, 0.1) is 36.3 Å². The fraction of sp³-hybridized carbons (Fsp3) is 0.273. The van der Waals surface area contributed by atoms with Crippen LogP contribution in [0.15, 0.2) is 85.6 Å². The van der Waals surface area contributed by atoms with Gasteiger partial charge < -0.3 is 0 Å². The van der Waals surface area contributed by atoms with Crippen LogP contribution in [0.5, 0.6) is 0 Å². The summed E-state index contributed by atoms with van der Waals surface area (Å²) in [6.45, 7) is 1.84. The van der Waals surface area contributed by atoms with Crippen LogP contribution in [0.3, 0.4) is 0 Å².